The van der Waals surface area contributed by atoms with E-state index in [9.17, 15) is 4.79 Å². The molecule has 0 saturated heterocycles. The number of amides is 1. The Balaban J connectivity index is 1.82. The Kier molecular flexibility index (Phi) is 2.97. The van der Waals surface area contributed by atoms with Crippen molar-refractivity contribution in [3.05, 3.63) is 24.0 Å². The van der Waals surface area contributed by atoms with Crippen molar-refractivity contribution in [3.63, 3.8) is 0 Å². The third kappa shape index (κ3) is 2.45. The molecule has 1 aliphatic rings. The lowest BCUT2D eigenvalue weighted by molar-refractivity contribution is 0.0951. The van der Waals surface area contributed by atoms with E-state index in [0.29, 0.717) is 11.5 Å². The van der Waals surface area contributed by atoms with E-state index in [1.165, 1.54) is 12.8 Å². The summed E-state index contributed by atoms with van der Waals surface area (Å²) in [7, 11) is 0. The summed E-state index contributed by atoms with van der Waals surface area (Å²) >= 11 is 0. The number of hydrogen-bond donors (Lipinski definition) is 1. The van der Waals surface area contributed by atoms with Crippen LogP contribution >= 0.6 is 0 Å². The molecule has 1 saturated carbocycles. The lowest BCUT2D eigenvalue weighted by Gasteiger charge is -2.07. The van der Waals surface area contributed by atoms with E-state index in [0.717, 1.165) is 17.6 Å². The fraction of sp³-hybridized carbons (Fsp3) is 0.500. The van der Waals surface area contributed by atoms with Crippen LogP contribution in [-0.4, -0.2) is 27.2 Å². The van der Waals surface area contributed by atoms with Gasteiger partial charge in [0.1, 0.15) is 0 Å². The van der Waals surface area contributed by atoms with Gasteiger partial charge in [-0.15, -0.1) is 0 Å². The van der Waals surface area contributed by atoms with Crippen molar-refractivity contribution < 1.29 is 4.79 Å². The number of nitrogens with one attached hydrogen (secondary N) is 1. The van der Waals surface area contributed by atoms with Crippen molar-refractivity contribution in [2.75, 3.05) is 6.54 Å². The number of rotatable bonds is 4. The van der Waals surface area contributed by atoms with Crippen LogP contribution < -0.4 is 5.32 Å². The quantitative estimate of drug-likeness (QED) is 0.914. The van der Waals surface area contributed by atoms with Crippen LogP contribution in [0.25, 0.3) is 11.0 Å². The third-order valence-corrected chi connectivity index (χ3v) is 3.43. The smallest absolute Gasteiger partial charge is 0.252 e. The van der Waals surface area contributed by atoms with Gasteiger partial charge in [0.2, 0.25) is 0 Å². The van der Waals surface area contributed by atoms with Gasteiger partial charge in [-0.2, -0.15) is 5.10 Å². The van der Waals surface area contributed by atoms with Gasteiger partial charge in [-0.05, 0) is 38.7 Å². The van der Waals surface area contributed by atoms with E-state index in [-0.39, 0.29) is 11.9 Å². The van der Waals surface area contributed by atoms with Crippen LogP contribution in [0, 0.1) is 5.92 Å². The molecule has 1 amide bonds. The number of aromatic nitrogens is 3. The molecule has 100 valence electrons. The number of hydrogen-bond acceptors (Lipinski definition) is 3. The van der Waals surface area contributed by atoms with Crippen LogP contribution in [0.15, 0.2) is 18.5 Å². The van der Waals surface area contributed by atoms with Crippen molar-refractivity contribution >= 4 is 16.9 Å². The molecule has 2 aromatic heterocycles. The molecule has 1 N–H and O–H groups in total. The van der Waals surface area contributed by atoms with E-state index < -0.39 is 0 Å². The third-order valence-electron chi connectivity index (χ3n) is 3.43. The summed E-state index contributed by atoms with van der Waals surface area (Å²) in [5, 5.41) is 8.16. The highest BCUT2D eigenvalue weighted by Gasteiger charge is 2.22. The predicted octanol–water partition coefficient (Wildman–Crippen LogP) is 2.15. The van der Waals surface area contributed by atoms with Gasteiger partial charge in [0.05, 0.1) is 11.8 Å². The van der Waals surface area contributed by atoms with Crippen LogP contribution in [0.3, 0.4) is 0 Å². The first kappa shape index (κ1) is 12.1. The second-order valence-corrected chi connectivity index (χ2v) is 5.47. The average Bonchev–Trinajstić information content (AvgIpc) is 3.12. The average molecular weight is 258 g/mol. The fourth-order valence-electron chi connectivity index (χ4n) is 2.10. The van der Waals surface area contributed by atoms with Gasteiger partial charge in [0, 0.05) is 24.2 Å². The molecular formula is C14H18N4O. The number of fused-ring (bicyclic) bond motifs is 1. The van der Waals surface area contributed by atoms with Crippen molar-refractivity contribution in [1.82, 2.24) is 20.1 Å². The van der Waals surface area contributed by atoms with E-state index in [1.807, 2.05) is 10.7 Å². The van der Waals surface area contributed by atoms with E-state index in [4.69, 9.17) is 0 Å². The largest absolute Gasteiger partial charge is 0.352 e. The summed E-state index contributed by atoms with van der Waals surface area (Å²) in [5.74, 6) is 0.642. The zero-order valence-electron chi connectivity index (χ0n) is 11.3. The Labute approximate surface area is 112 Å². The van der Waals surface area contributed by atoms with Crippen molar-refractivity contribution in [2.45, 2.75) is 32.7 Å². The Bertz CT molecular complexity index is 613. The maximum Gasteiger partial charge on any atom is 0.252 e. The van der Waals surface area contributed by atoms with Crippen LogP contribution in [0.2, 0.25) is 0 Å². The number of carbonyl (C=O) groups excluding carboxylic acids is 1. The van der Waals surface area contributed by atoms with Gasteiger partial charge in [0.25, 0.3) is 5.91 Å². The SMILES string of the molecule is CC(C)n1ncc2cc(C(=O)NCC3CC3)cnc21. The molecular weight excluding hydrogens is 240 g/mol. The summed E-state index contributed by atoms with van der Waals surface area (Å²) in [6, 6.07) is 2.12. The molecule has 19 heavy (non-hydrogen) atoms. The second kappa shape index (κ2) is 4.64. The molecule has 5 nitrogen and oxygen atoms in total. The minimum atomic E-state index is -0.0430. The highest BCUT2D eigenvalue weighted by Crippen LogP contribution is 2.27. The lowest BCUT2D eigenvalue weighted by Crippen LogP contribution is -2.25. The van der Waals surface area contributed by atoms with Crippen LogP contribution in [0.4, 0.5) is 0 Å². The van der Waals surface area contributed by atoms with Crippen LogP contribution in [0.5, 0.6) is 0 Å². The molecule has 0 aromatic carbocycles. The maximum absolute atomic E-state index is 12.0. The maximum atomic E-state index is 12.0. The Hall–Kier alpha value is -1.91. The van der Waals surface area contributed by atoms with Crippen molar-refractivity contribution in [3.8, 4) is 0 Å². The summed E-state index contributed by atoms with van der Waals surface area (Å²) in [4.78, 5) is 16.3. The standard InChI is InChI=1S/C14H18N4O/c1-9(2)18-13-11(8-17-18)5-12(7-15-13)14(19)16-6-10-3-4-10/h5,7-10H,3-4,6H2,1-2H3,(H,16,19). The van der Waals surface area contributed by atoms with E-state index in [1.54, 1.807) is 12.4 Å². The summed E-state index contributed by atoms with van der Waals surface area (Å²) in [6.45, 7) is 4.90. The molecule has 1 aliphatic carbocycles. The van der Waals surface area contributed by atoms with Gasteiger partial charge < -0.3 is 5.32 Å². The summed E-state index contributed by atoms with van der Waals surface area (Å²) < 4.78 is 1.86. The molecule has 1 fully saturated rings. The fourth-order valence-corrected chi connectivity index (χ4v) is 2.10. The Morgan fingerprint density at radius 1 is 1.47 bits per heavy atom. The van der Waals surface area contributed by atoms with Crippen LogP contribution in [0.1, 0.15) is 43.1 Å². The summed E-state index contributed by atoms with van der Waals surface area (Å²) in [5.41, 5.74) is 1.44. The summed E-state index contributed by atoms with van der Waals surface area (Å²) in [6.07, 6.45) is 5.86. The van der Waals surface area contributed by atoms with Gasteiger partial charge in [-0.1, -0.05) is 0 Å². The number of nitrogens with zero attached hydrogens (tertiary/aromatic N) is 3. The minimum Gasteiger partial charge on any atom is -0.352 e. The molecule has 0 aliphatic heterocycles. The zero-order valence-corrected chi connectivity index (χ0v) is 11.3. The molecule has 3 rings (SSSR count). The van der Waals surface area contributed by atoms with Crippen LogP contribution in [-0.2, 0) is 0 Å². The van der Waals surface area contributed by atoms with Gasteiger partial charge >= 0.3 is 0 Å². The topological polar surface area (TPSA) is 59.8 Å². The monoisotopic (exact) mass is 258 g/mol. The highest BCUT2D eigenvalue weighted by atomic mass is 16.1. The Morgan fingerprint density at radius 2 is 2.26 bits per heavy atom. The first-order valence-electron chi connectivity index (χ1n) is 6.76. The highest BCUT2D eigenvalue weighted by molar-refractivity contribution is 5.96. The normalized spacial score (nSPS) is 15.1. The number of carbonyl (C=O) groups is 1. The van der Waals surface area contributed by atoms with E-state index in [2.05, 4.69) is 29.2 Å². The molecule has 2 aromatic rings. The first-order chi connectivity index (χ1) is 9.15. The zero-order chi connectivity index (χ0) is 13.4. The van der Waals surface area contributed by atoms with E-state index >= 15 is 0 Å². The molecule has 0 atom stereocenters. The predicted molar refractivity (Wildman–Crippen MR) is 73.0 cm³/mol. The minimum absolute atomic E-state index is 0.0430. The number of pyridine rings is 1. The molecule has 0 spiro atoms. The van der Waals surface area contributed by atoms with Crippen molar-refractivity contribution in [2.24, 2.45) is 5.92 Å². The van der Waals surface area contributed by atoms with Crippen molar-refractivity contribution in [1.29, 1.82) is 0 Å². The first-order valence-corrected chi connectivity index (χ1v) is 6.76. The second-order valence-electron chi connectivity index (χ2n) is 5.47. The Morgan fingerprint density at radius 3 is 2.95 bits per heavy atom. The van der Waals surface area contributed by atoms with Gasteiger partial charge in [-0.3, -0.25) is 4.79 Å². The molecule has 0 bridgehead atoms. The molecule has 5 heteroatoms. The molecule has 0 unspecified atom stereocenters. The van der Waals surface area contributed by atoms with Gasteiger partial charge in [-0.25, -0.2) is 9.67 Å². The lowest BCUT2D eigenvalue weighted by atomic mass is 10.2. The van der Waals surface area contributed by atoms with Gasteiger partial charge in [0.15, 0.2) is 5.65 Å². The molecule has 0 radical (unpaired) electrons. The molecule has 2 heterocycles.